The number of aromatic nitrogens is 1. The molecule has 18 heavy (non-hydrogen) atoms. The molecule has 3 nitrogen and oxygen atoms in total. The minimum Gasteiger partial charge on any atom is -0.488 e. The largest absolute Gasteiger partial charge is 0.488 e. The molecule has 1 aliphatic heterocycles. The van der Waals surface area contributed by atoms with Crippen molar-refractivity contribution in [1.82, 2.24) is 9.88 Å². The number of ether oxygens (including phenoxy) is 1. The van der Waals surface area contributed by atoms with E-state index in [2.05, 4.69) is 27.5 Å². The molecule has 0 saturated heterocycles. The van der Waals surface area contributed by atoms with Crippen LogP contribution in [0.15, 0.2) is 47.0 Å². The van der Waals surface area contributed by atoms with Crippen molar-refractivity contribution < 1.29 is 9.13 Å². The molecular weight excluding hydrogens is 299 g/mol. The molecule has 1 aromatic rings. The van der Waals surface area contributed by atoms with E-state index < -0.39 is 6.67 Å². The zero-order valence-electron chi connectivity index (χ0n) is 9.90. The van der Waals surface area contributed by atoms with Gasteiger partial charge in [-0.15, -0.1) is 0 Å². The third-order valence-corrected chi connectivity index (χ3v) is 3.12. The molecule has 1 aromatic heterocycles. The highest BCUT2D eigenvalue weighted by Gasteiger charge is 2.16. The Morgan fingerprint density at radius 1 is 1.50 bits per heavy atom. The van der Waals surface area contributed by atoms with Crippen LogP contribution in [0.3, 0.4) is 0 Å². The van der Waals surface area contributed by atoms with E-state index in [4.69, 9.17) is 4.74 Å². The number of alkyl halides is 1. The second kappa shape index (κ2) is 6.00. The Balaban J connectivity index is 2.08. The van der Waals surface area contributed by atoms with Gasteiger partial charge in [-0.05, 0) is 27.6 Å². The second-order valence-electron chi connectivity index (χ2n) is 3.99. The summed E-state index contributed by atoms with van der Waals surface area (Å²) in [6.07, 6.45) is 3.63. The smallest absolute Gasteiger partial charge is 0.128 e. The van der Waals surface area contributed by atoms with Gasteiger partial charge in [0.05, 0.1) is 5.70 Å². The average Bonchev–Trinajstić information content (AvgIpc) is 2.78. The second-order valence-corrected chi connectivity index (χ2v) is 4.80. The Kier molecular flexibility index (Phi) is 4.36. The van der Waals surface area contributed by atoms with Crippen LogP contribution >= 0.6 is 15.9 Å². The molecule has 5 heteroatoms. The molecule has 0 atom stereocenters. The summed E-state index contributed by atoms with van der Waals surface area (Å²) in [4.78, 5) is 6.11. The van der Waals surface area contributed by atoms with Crippen molar-refractivity contribution in [3.05, 3.63) is 52.6 Å². The Bertz CT molecular complexity index is 459. The van der Waals surface area contributed by atoms with Gasteiger partial charge in [0.15, 0.2) is 0 Å². The fraction of sp³-hybridized carbons (Fsp3) is 0.308. The first kappa shape index (κ1) is 13.1. The summed E-state index contributed by atoms with van der Waals surface area (Å²) < 4.78 is 18.7. The van der Waals surface area contributed by atoms with Gasteiger partial charge in [0.25, 0.3) is 0 Å². The predicted molar refractivity (Wildman–Crippen MR) is 71.5 cm³/mol. The topological polar surface area (TPSA) is 25.4 Å². The van der Waals surface area contributed by atoms with Crippen molar-refractivity contribution in [2.75, 3.05) is 19.8 Å². The third-order valence-electron chi connectivity index (χ3n) is 2.66. The van der Waals surface area contributed by atoms with Gasteiger partial charge >= 0.3 is 0 Å². The van der Waals surface area contributed by atoms with E-state index in [1.54, 1.807) is 6.20 Å². The number of rotatable bonds is 5. The summed E-state index contributed by atoms with van der Waals surface area (Å²) in [6, 6.07) is 3.84. The van der Waals surface area contributed by atoms with Crippen LogP contribution < -0.4 is 0 Å². The fourth-order valence-corrected chi connectivity index (χ4v) is 2.00. The Labute approximate surface area is 114 Å². The van der Waals surface area contributed by atoms with Crippen LogP contribution in [0.25, 0.3) is 0 Å². The zero-order chi connectivity index (χ0) is 13.0. The zero-order valence-corrected chi connectivity index (χ0v) is 11.5. The maximum Gasteiger partial charge on any atom is 0.128 e. The number of hydrogen-bond donors (Lipinski definition) is 0. The summed E-state index contributed by atoms with van der Waals surface area (Å²) in [6.45, 7) is 4.76. The third kappa shape index (κ3) is 3.32. The van der Waals surface area contributed by atoms with Crippen molar-refractivity contribution in [3.63, 3.8) is 0 Å². The molecule has 0 unspecified atom stereocenters. The van der Waals surface area contributed by atoms with Gasteiger partial charge in [-0.1, -0.05) is 12.6 Å². The first-order chi connectivity index (χ1) is 8.69. The van der Waals surface area contributed by atoms with Gasteiger partial charge in [-0.3, -0.25) is 0 Å². The first-order valence-electron chi connectivity index (χ1n) is 5.62. The molecule has 0 spiro atoms. The van der Waals surface area contributed by atoms with Crippen LogP contribution in [0.2, 0.25) is 0 Å². The summed E-state index contributed by atoms with van der Waals surface area (Å²) in [7, 11) is 0. The van der Waals surface area contributed by atoms with E-state index in [0.29, 0.717) is 25.5 Å². The van der Waals surface area contributed by atoms with Crippen molar-refractivity contribution in [2.45, 2.75) is 6.54 Å². The number of allylic oxidation sites excluding steroid dienone is 1. The highest BCUT2D eigenvalue weighted by Crippen LogP contribution is 2.19. The fourth-order valence-electron chi connectivity index (χ4n) is 1.76. The summed E-state index contributed by atoms with van der Waals surface area (Å²) in [5.41, 5.74) is 1.99. The highest BCUT2D eigenvalue weighted by molar-refractivity contribution is 9.10. The summed E-state index contributed by atoms with van der Waals surface area (Å²) in [5, 5.41) is 0. The lowest BCUT2D eigenvalue weighted by Crippen LogP contribution is -2.25. The van der Waals surface area contributed by atoms with Crippen molar-refractivity contribution in [1.29, 1.82) is 0 Å². The maximum atomic E-state index is 12.6. The minimum atomic E-state index is -0.395. The van der Waals surface area contributed by atoms with Crippen molar-refractivity contribution >= 4 is 15.9 Å². The van der Waals surface area contributed by atoms with Crippen LogP contribution in [0.4, 0.5) is 4.39 Å². The quantitative estimate of drug-likeness (QED) is 0.781. The van der Waals surface area contributed by atoms with Gasteiger partial charge in [0.2, 0.25) is 0 Å². The van der Waals surface area contributed by atoms with Crippen molar-refractivity contribution in [3.8, 4) is 0 Å². The van der Waals surface area contributed by atoms with Crippen LogP contribution in [0.1, 0.15) is 5.56 Å². The lowest BCUT2D eigenvalue weighted by Gasteiger charge is -2.23. The monoisotopic (exact) mass is 312 g/mol. The summed E-state index contributed by atoms with van der Waals surface area (Å²) >= 11 is 3.29. The number of halogens is 2. The molecular formula is C13H14BrFN2O. The van der Waals surface area contributed by atoms with E-state index >= 15 is 0 Å². The minimum absolute atomic E-state index is 0.346. The molecule has 0 aliphatic carbocycles. The highest BCUT2D eigenvalue weighted by atomic mass is 79.9. The molecule has 0 saturated carbocycles. The van der Waals surface area contributed by atoms with Gasteiger partial charge in [0.1, 0.15) is 23.6 Å². The van der Waals surface area contributed by atoms with Gasteiger partial charge in [0, 0.05) is 25.4 Å². The van der Waals surface area contributed by atoms with Gasteiger partial charge in [-0.2, -0.15) is 0 Å². The molecule has 0 aromatic carbocycles. The summed E-state index contributed by atoms with van der Waals surface area (Å²) in [5.74, 6) is 0.628. The van der Waals surface area contributed by atoms with E-state index in [1.807, 2.05) is 23.1 Å². The Morgan fingerprint density at radius 2 is 2.33 bits per heavy atom. The molecule has 0 fully saturated rings. The van der Waals surface area contributed by atoms with Crippen LogP contribution in [0, 0.1) is 0 Å². The molecule has 0 bridgehead atoms. The maximum absolute atomic E-state index is 12.6. The molecule has 0 amide bonds. The lowest BCUT2D eigenvalue weighted by atomic mass is 10.2. The van der Waals surface area contributed by atoms with Crippen LogP contribution in [0.5, 0.6) is 0 Å². The van der Waals surface area contributed by atoms with E-state index in [-0.39, 0.29) is 0 Å². The number of pyridine rings is 1. The Hall–Kier alpha value is -1.36. The normalized spacial score (nSPS) is 14.3. The number of nitrogens with zero attached hydrogens (tertiary/aromatic N) is 2. The standard InChI is InChI=1S/C13H14BrFN2O/c1-10-6-12(9-18-10)17(5-4-15)8-11-2-3-13(14)16-7-11/h2-3,6-7H,1,4-5,8-9H2. The van der Waals surface area contributed by atoms with E-state index in [9.17, 15) is 4.39 Å². The van der Waals surface area contributed by atoms with Crippen LogP contribution in [-0.4, -0.2) is 29.7 Å². The van der Waals surface area contributed by atoms with E-state index in [1.165, 1.54) is 0 Å². The molecule has 1 aliphatic rings. The molecule has 96 valence electrons. The van der Waals surface area contributed by atoms with Crippen molar-refractivity contribution in [2.24, 2.45) is 0 Å². The van der Waals surface area contributed by atoms with E-state index in [0.717, 1.165) is 15.9 Å². The first-order valence-corrected chi connectivity index (χ1v) is 6.42. The molecule has 2 heterocycles. The van der Waals surface area contributed by atoms with Gasteiger partial charge < -0.3 is 9.64 Å². The molecule has 0 radical (unpaired) electrons. The molecule has 0 N–H and O–H groups in total. The SMILES string of the molecule is C=C1C=C(N(CCF)Cc2ccc(Br)nc2)CO1. The predicted octanol–water partition coefficient (Wildman–Crippen LogP) is 3.04. The van der Waals surface area contributed by atoms with Crippen LogP contribution in [-0.2, 0) is 11.3 Å². The number of hydrogen-bond acceptors (Lipinski definition) is 3. The van der Waals surface area contributed by atoms with Gasteiger partial charge in [-0.25, -0.2) is 9.37 Å². The molecule has 2 rings (SSSR count). The Morgan fingerprint density at radius 3 is 2.89 bits per heavy atom. The lowest BCUT2D eigenvalue weighted by molar-refractivity contribution is 0.223. The average molecular weight is 313 g/mol.